The van der Waals surface area contributed by atoms with Crippen LogP contribution in [0.2, 0.25) is 0 Å². The number of aryl methyl sites for hydroxylation is 1. The SMILES string of the molecule is COC(=O)[C@H](Cc1ccccc1C)NC(=O)[C@H](NC(=O)OCc1ccccc1)C(C)C. The summed E-state index contributed by atoms with van der Waals surface area (Å²) in [6, 6.07) is 15.1. The minimum atomic E-state index is -0.873. The summed E-state index contributed by atoms with van der Waals surface area (Å²) in [5.41, 5.74) is 2.77. The number of carbonyl (C=O) groups excluding carboxylic acids is 3. The first-order valence-corrected chi connectivity index (χ1v) is 10.2. The molecule has 0 fully saturated rings. The van der Waals surface area contributed by atoms with E-state index in [0.717, 1.165) is 16.7 Å². The van der Waals surface area contributed by atoms with Crippen LogP contribution >= 0.6 is 0 Å². The first-order chi connectivity index (χ1) is 14.8. The van der Waals surface area contributed by atoms with E-state index in [4.69, 9.17) is 9.47 Å². The zero-order valence-electron chi connectivity index (χ0n) is 18.4. The Morgan fingerprint density at radius 3 is 2.19 bits per heavy atom. The summed E-state index contributed by atoms with van der Waals surface area (Å²) in [5, 5.41) is 5.32. The van der Waals surface area contributed by atoms with E-state index in [1.165, 1.54) is 7.11 Å². The smallest absolute Gasteiger partial charge is 0.408 e. The lowest BCUT2D eigenvalue weighted by atomic mass is 9.99. The highest BCUT2D eigenvalue weighted by Crippen LogP contribution is 2.12. The van der Waals surface area contributed by atoms with Crippen molar-refractivity contribution in [2.24, 2.45) is 5.92 Å². The van der Waals surface area contributed by atoms with Gasteiger partial charge in [0, 0.05) is 6.42 Å². The normalized spacial score (nSPS) is 12.5. The standard InChI is InChI=1S/C24H30N2O5/c1-16(2)21(26-24(29)31-15-18-11-6-5-7-12-18)22(27)25-20(23(28)30-4)14-19-13-9-8-10-17(19)3/h5-13,16,20-21H,14-15H2,1-4H3,(H,25,27)(H,26,29)/t20-,21+/m0/s1. The predicted molar refractivity (Wildman–Crippen MR) is 117 cm³/mol. The molecule has 2 N–H and O–H groups in total. The molecule has 0 heterocycles. The Morgan fingerprint density at radius 2 is 1.58 bits per heavy atom. The van der Waals surface area contributed by atoms with E-state index in [1.807, 2.05) is 61.5 Å². The third-order valence-corrected chi connectivity index (χ3v) is 4.92. The summed E-state index contributed by atoms with van der Waals surface area (Å²) < 4.78 is 10.1. The molecule has 2 amide bonds. The van der Waals surface area contributed by atoms with Crippen LogP contribution in [-0.2, 0) is 32.1 Å². The van der Waals surface area contributed by atoms with Crippen molar-refractivity contribution in [3.05, 3.63) is 71.3 Å². The molecule has 2 rings (SSSR count). The third-order valence-electron chi connectivity index (χ3n) is 4.92. The van der Waals surface area contributed by atoms with E-state index in [0.29, 0.717) is 0 Å². The molecule has 0 unspecified atom stereocenters. The molecule has 0 spiro atoms. The van der Waals surface area contributed by atoms with Gasteiger partial charge in [0.15, 0.2) is 0 Å². The van der Waals surface area contributed by atoms with Crippen LogP contribution in [0.25, 0.3) is 0 Å². The van der Waals surface area contributed by atoms with Crippen molar-refractivity contribution < 1.29 is 23.9 Å². The molecular formula is C24H30N2O5. The molecule has 166 valence electrons. The summed E-state index contributed by atoms with van der Waals surface area (Å²) in [4.78, 5) is 37.4. The van der Waals surface area contributed by atoms with E-state index >= 15 is 0 Å². The zero-order valence-corrected chi connectivity index (χ0v) is 18.4. The van der Waals surface area contributed by atoms with Gasteiger partial charge in [-0.1, -0.05) is 68.4 Å². The molecule has 0 bridgehead atoms. The Labute approximate surface area is 183 Å². The number of esters is 1. The van der Waals surface area contributed by atoms with Gasteiger partial charge in [0.2, 0.25) is 5.91 Å². The Bertz CT molecular complexity index is 883. The van der Waals surface area contributed by atoms with Crippen LogP contribution in [0.5, 0.6) is 0 Å². The highest BCUT2D eigenvalue weighted by molar-refractivity contribution is 5.90. The number of benzene rings is 2. The first kappa shape index (κ1) is 23.9. The van der Waals surface area contributed by atoms with Crippen LogP contribution in [0.4, 0.5) is 4.79 Å². The minimum absolute atomic E-state index is 0.0944. The van der Waals surface area contributed by atoms with Crippen molar-refractivity contribution in [2.75, 3.05) is 7.11 Å². The molecule has 7 nitrogen and oxygen atoms in total. The number of carbonyl (C=O) groups is 3. The molecule has 7 heteroatoms. The van der Waals surface area contributed by atoms with Crippen molar-refractivity contribution in [3.63, 3.8) is 0 Å². The molecule has 0 aliphatic heterocycles. The van der Waals surface area contributed by atoms with E-state index in [9.17, 15) is 14.4 Å². The summed E-state index contributed by atoms with van der Waals surface area (Å²) in [7, 11) is 1.28. The van der Waals surface area contributed by atoms with Gasteiger partial charge in [-0.2, -0.15) is 0 Å². The number of alkyl carbamates (subject to hydrolysis) is 1. The van der Waals surface area contributed by atoms with E-state index in [-0.39, 0.29) is 18.9 Å². The van der Waals surface area contributed by atoms with E-state index in [2.05, 4.69) is 10.6 Å². The number of ether oxygens (including phenoxy) is 2. The summed E-state index contributed by atoms with van der Waals surface area (Å²) in [5.74, 6) is -1.25. The van der Waals surface area contributed by atoms with Gasteiger partial charge in [-0.05, 0) is 29.5 Å². The largest absolute Gasteiger partial charge is 0.467 e. The van der Waals surface area contributed by atoms with Gasteiger partial charge in [-0.15, -0.1) is 0 Å². The van der Waals surface area contributed by atoms with Gasteiger partial charge in [0.05, 0.1) is 7.11 Å². The average molecular weight is 427 g/mol. The topological polar surface area (TPSA) is 93.7 Å². The van der Waals surface area contributed by atoms with Crippen LogP contribution in [0, 0.1) is 12.8 Å². The molecule has 0 aliphatic carbocycles. The minimum Gasteiger partial charge on any atom is -0.467 e. The zero-order chi connectivity index (χ0) is 22.8. The molecule has 2 atom stereocenters. The fourth-order valence-electron chi connectivity index (χ4n) is 3.08. The number of amides is 2. The molecule has 2 aromatic rings. The third kappa shape index (κ3) is 7.44. The Morgan fingerprint density at radius 1 is 0.935 bits per heavy atom. The van der Waals surface area contributed by atoms with Crippen LogP contribution in [0.3, 0.4) is 0 Å². The predicted octanol–water partition coefficient (Wildman–Crippen LogP) is 3.15. The Kier molecular flexibility index (Phi) is 9.06. The first-order valence-electron chi connectivity index (χ1n) is 10.2. The maximum atomic E-state index is 12.9. The number of hydrogen-bond donors (Lipinski definition) is 2. The van der Waals surface area contributed by atoms with Crippen LogP contribution in [-0.4, -0.2) is 37.2 Å². The molecule has 31 heavy (non-hydrogen) atoms. The number of methoxy groups -OCH3 is 1. The summed E-state index contributed by atoms with van der Waals surface area (Å²) >= 11 is 0. The fourth-order valence-corrected chi connectivity index (χ4v) is 3.08. The van der Waals surface area contributed by atoms with Crippen molar-refractivity contribution in [2.45, 2.75) is 45.9 Å². The highest BCUT2D eigenvalue weighted by atomic mass is 16.5. The lowest BCUT2D eigenvalue weighted by Crippen LogP contribution is -2.54. The van der Waals surface area contributed by atoms with Gasteiger partial charge >= 0.3 is 12.1 Å². The number of rotatable bonds is 9. The maximum absolute atomic E-state index is 12.9. The van der Waals surface area contributed by atoms with Gasteiger partial charge in [-0.25, -0.2) is 9.59 Å². The van der Waals surface area contributed by atoms with Crippen molar-refractivity contribution in [1.29, 1.82) is 0 Å². The van der Waals surface area contributed by atoms with Crippen LogP contribution in [0.1, 0.15) is 30.5 Å². The number of nitrogens with one attached hydrogen (secondary N) is 2. The van der Waals surface area contributed by atoms with Gasteiger partial charge in [0.1, 0.15) is 18.7 Å². The highest BCUT2D eigenvalue weighted by Gasteiger charge is 2.30. The molecule has 0 saturated carbocycles. The van der Waals surface area contributed by atoms with Gasteiger partial charge in [0.25, 0.3) is 0 Å². The molecule has 0 saturated heterocycles. The van der Waals surface area contributed by atoms with Crippen molar-refractivity contribution in [3.8, 4) is 0 Å². The lowest BCUT2D eigenvalue weighted by Gasteiger charge is -2.24. The van der Waals surface area contributed by atoms with E-state index in [1.54, 1.807) is 13.8 Å². The molecule has 0 radical (unpaired) electrons. The number of hydrogen-bond acceptors (Lipinski definition) is 5. The van der Waals surface area contributed by atoms with Gasteiger partial charge in [-0.3, -0.25) is 4.79 Å². The van der Waals surface area contributed by atoms with Crippen LogP contribution in [0.15, 0.2) is 54.6 Å². The Hall–Kier alpha value is -3.35. The van der Waals surface area contributed by atoms with Crippen molar-refractivity contribution >= 4 is 18.0 Å². The second-order valence-corrected chi connectivity index (χ2v) is 7.64. The van der Waals surface area contributed by atoms with Crippen molar-refractivity contribution in [1.82, 2.24) is 10.6 Å². The Balaban J connectivity index is 2.03. The van der Waals surface area contributed by atoms with Crippen LogP contribution < -0.4 is 10.6 Å². The monoisotopic (exact) mass is 426 g/mol. The average Bonchev–Trinajstić information content (AvgIpc) is 2.76. The quantitative estimate of drug-likeness (QED) is 0.601. The second kappa shape index (κ2) is 11.7. The molecule has 0 aliphatic rings. The second-order valence-electron chi connectivity index (χ2n) is 7.64. The molecule has 2 aromatic carbocycles. The summed E-state index contributed by atoms with van der Waals surface area (Å²) in [6.07, 6.45) is -0.417. The summed E-state index contributed by atoms with van der Waals surface area (Å²) in [6.45, 7) is 5.64. The lowest BCUT2D eigenvalue weighted by molar-refractivity contribution is -0.145. The van der Waals surface area contributed by atoms with E-state index < -0.39 is 30.1 Å². The van der Waals surface area contributed by atoms with Gasteiger partial charge < -0.3 is 20.1 Å². The molecule has 0 aromatic heterocycles. The fraction of sp³-hybridized carbons (Fsp3) is 0.375. The molecular weight excluding hydrogens is 396 g/mol. The maximum Gasteiger partial charge on any atom is 0.408 e.